The fourth-order valence-electron chi connectivity index (χ4n) is 3.67. The number of carbonyl (C=O) groups is 1. The summed E-state index contributed by atoms with van der Waals surface area (Å²) in [5.74, 6) is -0.313. The van der Waals surface area contributed by atoms with E-state index in [1.807, 2.05) is 13.8 Å². The molecule has 1 amide bonds. The molecule has 0 aromatic heterocycles. The summed E-state index contributed by atoms with van der Waals surface area (Å²) in [5, 5.41) is 11.2. The molecule has 2 aromatic carbocycles. The zero-order valence-electron chi connectivity index (χ0n) is 17.8. The van der Waals surface area contributed by atoms with Crippen molar-refractivity contribution in [3.05, 3.63) is 63.2 Å². The van der Waals surface area contributed by atoms with E-state index in [1.54, 1.807) is 36.9 Å². The standard InChI is InChI=1S/C21H25N3O6S/c1-13-9-17(24(26)27)10-20(16(13)4)31(28,29)22-19-8-6-5-7-18(19)21(25)23-11-14(2)30-15(3)12-23/h5-10,14-15,22H,11-12H2,1-4H3. The predicted molar refractivity (Wildman–Crippen MR) is 116 cm³/mol. The van der Waals surface area contributed by atoms with Gasteiger partial charge in [-0.3, -0.25) is 19.6 Å². The van der Waals surface area contributed by atoms with Gasteiger partial charge < -0.3 is 9.64 Å². The Bertz CT molecular complexity index is 1120. The largest absolute Gasteiger partial charge is 0.372 e. The molecular weight excluding hydrogens is 422 g/mol. The van der Waals surface area contributed by atoms with Crippen molar-refractivity contribution in [1.82, 2.24) is 4.90 Å². The number of aryl methyl sites for hydroxylation is 1. The van der Waals surface area contributed by atoms with E-state index in [4.69, 9.17) is 4.74 Å². The number of nitrogens with zero attached hydrogens (tertiary/aromatic N) is 2. The molecule has 1 aliphatic heterocycles. The summed E-state index contributed by atoms with van der Waals surface area (Å²) < 4.78 is 34.4. The SMILES string of the molecule is Cc1cc([N+](=O)[O-])cc(S(=O)(=O)Nc2ccccc2C(=O)N2CC(C)OC(C)C2)c1C. The normalized spacial score (nSPS) is 19.2. The van der Waals surface area contributed by atoms with E-state index in [2.05, 4.69) is 4.72 Å². The molecule has 10 heteroatoms. The molecule has 3 rings (SSSR count). The number of nitro benzene ring substituents is 1. The van der Waals surface area contributed by atoms with Crippen molar-refractivity contribution in [2.45, 2.75) is 44.8 Å². The first kappa shape index (κ1) is 22.7. The molecule has 1 N–H and O–H groups in total. The number of rotatable bonds is 5. The minimum atomic E-state index is -4.18. The number of ether oxygens (including phenoxy) is 1. The Balaban J connectivity index is 1.97. The third kappa shape index (κ3) is 4.86. The molecule has 0 bridgehead atoms. The Morgan fingerprint density at radius 1 is 1.16 bits per heavy atom. The van der Waals surface area contributed by atoms with Crippen LogP contribution in [0.1, 0.15) is 35.3 Å². The maximum Gasteiger partial charge on any atom is 0.271 e. The van der Waals surface area contributed by atoms with Gasteiger partial charge in [-0.25, -0.2) is 8.42 Å². The van der Waals surface area contributed by atoms with Gasteiger partial charge in [0.1, 0.15) is 0 Å². The van der Waals surface area contributed by atoms with Crippen molar-refractivity contribution >= 4 is 27.3 Å². The monoisotopic (exact) mass is 447 g/mol. The minimum Gasteiger partial charge on any atom is -0.372 e. The Kier molecular flexibility index (Phi) is 6.33. The van der Waals surface area contributed by atoms with Gasteiger partial charge in [0.25, 0.3) is 21.6 Å². The minimum absolute atomic E-state index is 0.114. The lowest BCUT2D eigenvalue weighted by molar-refractivity contribution is -0.385. The molecule has 2 unspecified atom stereocenters. The van der Waals surface area contributed by atoms with E-state index >= 15 is 0 Å². The lowest BCUT2D eigenvalue weighted by atomic mass is 10.1. The Morgan fingerprint density at radius 3 is 2.39 bits per heavy atom. The van der Waals surface area contributed by atoms with Gasteiger partial charge in [-0.05, 0) is 51.0 Å². The number of hydrogen-bond donors (Lipinski definition) is 1. The number of para-hydroxylation sites is 1. The number of non-ortho nitro benzene ring substituents is 1. The van der Waals surface area contributed by atoms with E-state index in [-0.39, 0.29) is 39.9 Å². The maximum atomic E-state index is 13.1. The van der Waals surface area contributed by atoms with Gasteiger partial charge in [0, 0.05) is 25.2 Å². The Morgan fingerprint density at radius 2 is 1.77 bits per heavy atom. The average molecular weight is 448 g/mol. The number of morpholine rings is 1. The Hall–Kier alpha value is -2.98. The van der Waals surface area contributed by atoms with Crippen LogP contribution < -0.4 is 4.72 Å². The van der Waals surface area contributed by atoms with Crippen molar-refractivity contribution in [1.29, 1.82) is 0 Å². The number of carbonyl (C=O) groups excluding carboxylic acids is 1. The average Bonchev–Trinajstić information content (AvgIpc) is 2.68. The fourth-order valence-corrected chi connectivity index (χ4v) is 5.08. The zero-order valence-corrected chi connectivity index (χ0v) is 18.6. The number of amides is 1. The third-order valence-electron chi connectivity index (χ3n) is 5.21. The van der Waals surface area contributed by atoms with Crippen LogP contribution >= 0.6 is 0 Å². The van der Waals surface area contributed by atoms with Crippen LogP contribution in [0.5, 0.6) is 0 Å². The van der Waals surface area contributed by atoms with Crippen molar-refractivity contribution in [2.24, 2.45) is 0 Å². The summed E-state index contributed by atoms with van der Waals surface area (Å²) in [6.45, 7) is 7.73. The fraction of sp³-hybridized carbons (Fsp3) is 0.381. The molecule has 31 heavy (non-hydrogen) atoms. The first-order valence-corrected chi connectivity index (χ1v) is 11.3. The number of hydrogen-bond acceptors (Lipinski definition) is 6. The second-order valence-electron chi connectivity index (χ2n) is 7.76. The van der Waals surface area contributed by atoms with Gasteiger partial charge in [0.05, 0.1) is 33.3 Å². The zero-order chi connectivity index (χ0) is 22.9. The van der Waals surface area contributed by atoms with Gasteiger partial charge in [-0.2, -0.15) is 0 Å². The maximum absolute atomic E-state index is 13.1. The van der Waals surface area contributed by atoms with Gasteiger partial charge in [0.15, 0.2) is 0 Å². The van der Waals surface area contributed by atoms with Crippen LogP contribution in [0, 0.1) is 24.0 Å². The number of sulfonamides is 1. The van der Waals surface area contributed by atoms with E-state index in [0.717, 1.165) is 6.07 Å². The van der Waals surface area contributed by atoms with Gasteiger partial charge in [-0.1, -0.05) is 12.1 Å². The van der Waals surface area contributed by atoms with Crippen LogP contribution in [-0.2, 0) is 14.8 Å². The topological polar surface area (TPSA) is 119 Å². The first-order valence-electron chi connectivity index (χ1n) is 9.82. The highest BCUT2D eigenvalue weighted by atomic mass is 32.2. The molecule has 166 valence electrons. The molecular formula is C21H25N3O6S. The van der Waals surface area contributed by atoms with Crippen LogP contribution in [0.2, 0.25) is 0 Å². The molecule has 9 nitrogen and oxygen atoms in total. The van der Waals surface area contributed by atoms with E-state index in [1.165, 1.54) is 12.1 Å². The van der Waals surface area contributed by atoms with Gasteiger partial charge >= 0.3 is 0 Å². The smallest absolute Gasteiger partial charge is 0.271 e. The number of benzene rings is 2. The summed E-state index contributed by atoms with van der Waals surface area (Å²) in [6, 6.07) is 8.67. The van der Waals surface area contributed by atoms with E-state index < -0.39 is 14.9 Å². The molecule has 0 spiro atoms. The number of anilines is 1. The number of nitro groups is 1. The molecule has 0 radical (unpaired) electrons. The van der Waals surface area contributed by atoms with Crippen LogP contribution in [0.4, 0.5) is 11.4 Å². The second-order valence-corrected chi connectivity index (χ2v) is 9.41. The predicted octanol–water partition coefficient (Wildman–Crippen LogP) is 3.26. The van der Waals surface area contributed by atoms with E-state index in [0.29, 0.717) is 24.2 Å². The van der Waals surface area contributed by atoms with Crippen LogP contribution in [0.3, 0.4) is 0 Å². The molecule has 1 fully saturated rings. The first-order chi connectivity index (χ1) is 14.5. The summed E-state index contributed by atoms with van der Waals surface area (Å²) in [6.07, 6.45) is -0.265. The molecule has 1 heterocycles. The molecule has 2 atom stereocenters. The number of nitrogens with one attached hydrogen (secondary N) is 1. The summed E-state index contributed by atoms with van der Waals surface area (Å²) >= 11 is 0. The molecule has 0 saturated carbocycles. The quantitative estimate of drug-likeness (QED) is 0.555. The summed E-state index contributed by atoms with van der Waals surface area (Å²) in [7, 11) is -4.18. The summed E-state index contributed by atoms with van der Waals surface area (Å²) in [4.78, 5) is 25.1. The van der Waals surface area contributed by atoms with Crippen molar-refractivity contribution < 1.29 is 22.9 Å². The van der Waals surface area contributed by atoms with Crippen LogP contribution in [0.15, 0.2) is 41.3 Å². The second kappa shape index (κ2) is 8.64. The van der Waals surface area contributed by atoms with Crippen molar-refractivity contribution in [3.63, 3.8) is 0 Å². The van der Waals surface area contributed by atoms with Crippen LogP contribution in [-0.4, -0.2) is 49.4 Å². The molecule has 1 aliphatic rings. The molecule has 2 aromatic rings. The highest BCUT2D eigenvalue weighted by Crippen LogP contribution is 2.28. The molecule has 0 aliphatic carbocycles. The molecule has 1 saturated heterocycles. The van der Waals surface area contributed by atoms with Crippen molar-refractivity contribution in [2.75, 3.05) is 17.8 Å². The van der Waals surface area contributed by atoms with Crippen LogP contribution in [0.25, 0.3) is 0 Å². The van der Waals surface area contributed by atoms with Crippen molar-refractivity contribution in [3.8, 4) is 0 Å². The highest BCUT2D eigenvalue weighted by molar-refractivity contribution is 7.92. The Labute approximate surface area is 181 Å². The lowest BCUT2D eigenvalue weighted by Crippen LogP contribution is -2.48. The highest BCUT2D eigenvalue weighted by Gasteiger charge is 2.29. The van der Waals surface area contributed by atoms with E-state index in [9.17, 15) is 23.3 Å². The lowest BCUT2D eigenvalue weighted by Gasteiger charge is -2.35. The van der Waals surface area contributed by atoms with Gasteiger partial charge in [0.2, 0.25) is 0 Å². The summed E-state index contributed by atoms with van der Waals surface area (Å²) in [5.41, 5.74) is 0.882. The van der Waals surface area contributed by atoms with Gasteiger partial charge in [-0.15, -0.1) is 0 Å². The third-order valence-corrected chi connectivity index (χ3v) is 6.71.